The van der Waals surface area contributed by atoms with Crippen LogP contribution in [0.1, 0.15) is 32.1 Å². The molecule has 0 spiro atoms. The van der Waals surface area contributed by atoms with E-state index in [0.29, 0.717) is 6.04 Å². The van der Waals surface area contributed by atoms with E-state index in [9.17, 15) is 0 Å². The maximum Gasteiger partial charge on any atom is 0.0621 e. The van der Waals surface area contributed by atoms with Gasteiger partial charge < -0.3 is 10.5 Å². The molecule has 2 aliphatic rings. The van der Waals surface area contributed by atoms with Gasteiger partial charge in [-0.25, -0.2) is 0 Å². The number of piperidine rings is 1. The first kappa shape index (κ1) is 11.4. The Morgan fingerprint density at radius 3 is 2.93 bits per heavy atom. The van der Waals surface area contributed by atoms with E-state index >= 15 is 0 Å². The average molecular weight is 212 g/mol. The lowest BCUT2D eigenvalue weighted by molar-refractivity contribution is 0.00117. The summed E-state index contributed by atoms with van der Waals surface area (Å²) in [6.45, 7) is 5.30. The van der Waals surface area contributed by atoms with Crippen molar-refractivity contribution in [1.82, 2.24) is 4.90 Å². The first-order chi connectivity index (χ1) is 7.40. The van der Waals surface area contributed by atoms with Gasteiger partial charge in [0.15, 0.2) is 0 Å². The molecule has 2 fully saturated rings. The number of rotatable bonds is 3. The number of nitrogens with zero attached hydrogens (tertiary/aromatic N) is 1. The molecule has 0 aliphatic carbocycles. The third-order valence-corrected chi connectivity index (χ3v) is 3.78. The molecule has 0 radical (unpaired) electrons. The fourth-order valence-electron chi connectivity index (χ4n) is 2.91. The molecular formula is C12H24N2O. The van der Waals surface area contributed by atoms with Crippen molar-refractivity contribution in [2.45, 2.75) is 38.1 Å². The lowest BCUT2D eigenvalue weighted by Crippen LogP contribution is -2.46. The van der Waals surface area contributed by atoms with E-state index < -0.39 is 0 Å². The van der Waals surface area contributed by atoms with Gasteiger partial charge in [0.05, 0.1) is 6.61 Å². The molecule has 0 amide bonds. The number of ether oxygens (including phenoxy) is 1. The van der Waals surface area contributed by atoms with Crippen LogP contribution in [-0.4, -0.2) is 43.8 Å². The van der Waals surface area contributed by atoms with Crippen LogP contribution in [0.5, 0.6) is 0 Å². The van der Waals surface area contributed by atoms with Gasteiger partial charge in [0, 0.05) is 19.2 Å². The van der Waals surface area contributed by atoms with E-state index in [4.69, 9.17) is 10.5 Å². The van der Waals surface area contributed by atoms with Gasteiger partial charge in [0.25, 0.3) is 0 Å². The van der Waals surface area contributed by atoms with Gasteiger partial charge in [0.2, 0.25) is 0 Å². The molecule has 2 heterocycles. The Labute approximate surface area is 93.0 Å². The normalized spacial score (nSPS) is 34.2. The van der Waals surface area contributed by atoms with Crippen molar-refractivity contribution in [3.8, 4) is 0 Å². The van der Waals surface area contributed by atoms with Crippen molar-refractivity contribution >= 4 is 0 Å². The molecule has 2 aliphatic heterocycles. The maximum absolute atomic E-state index is 5.64. The van der Waals surface area contributed by atoms with Crippen LogP contribution < -0.4 is 5.73 Å². The van der Waals surface area contributed by atoms with E-state index in [0.717, 1.165) is 25.7 Å². The lowest BCUT2D eigenvalue weighted by atomic mass is 9.93. The average Bonchev–Trinajstić information content (AvgIpc) is 2.31. The van der Waals surface area contributed by atoms with Gasteiger partial charge >= 0.3 is 0 Å². The molecular weight excluding hydrogens is 188 g/mol. The Morgan fingerprint density at radius 2 is 2.20 bits per heavy atom. The first-order valence-electron chi connectivity index (χ1n) is 6.42. The Hall–Kier alpha value is -0.120. The zero-order valence-electron chi connectivity index (χ0n) is 9.66. The van der Waals surface area contributed by atoms with Gasteiger partial charge in [0.1, 0.15) is 0 Å². The van der Waals surface area contributed by atoms with Gasteiger partial charge in [-0.15, -0.1) is 0 Å². The van der Waals surface area contributed by atoms with Crippen LogP contribution in [0.3, 0.4) is 0 Å². The smallest absolute Gasteiger partial charge is 0.0621 e. The molecule has 0 aromatic rings. The minimum Gasteiger partial charge on any atom is -0.380 e. The molecule has 88 valence electrons. The fraction of sp³-hybridized carbons (Fsp3) is 1.00. The highest BCUT2D eigenvalue weighted by Crippen LogP contribution is 2.23. The molecule has 0 bridgehead atoms. The van der Waals surface area contributed by atoms with Crippen LogP contribution in [0.25, 0.3) is 0 Å². The minimum atomic E-state index is 0.694. The van der Waals surface area contributed by atoms with Gasteiger partial charge in [-0.05, 0) is 51.1 Å². The monoisotopic (exact) mass is 212 g/mol. The molecule has 15 heavy (non-hydrogen) atoms. The Kier molecular flexibility index (Phi) is 4.42. The SMILES string of the molecule is NCCC1CCCN(C2CCCOC2)C1. The number of hydrogen-bond donors (Lipinski definition) is 1. The van der Waals surface area contributed by atoms with Crippen LogP contribution >= 0.6 is 0 Å². The first-order valence-corrected chi connectivity index (χ1v) is 6.42. The van der Waals surface area contributed by atoms with E-state index in [1.165, 1.54) is 45.2 Å². The maximum atomic E-state index is 5.64. The second-order valence-corrected chi connectivity index (χ2v) is 4.95. The molecule has 3 nitrogen and oxygen atoms in total. The van der Waals surface area contributed by atoms with Crippen molar-refractivity contribution in [3.05, 3.63) is 0 Å². The minimum absolute atomic E-state index is 0.694. The third kappa shape index (κ3) is 3.16. The van der Waals surface area contributed by atoms with Crippen molar-refractivity contribution in [2.24, 2.45) is 11.7 Å². The highest BCUT2D eigenvalue weighted by atomic mass is 16.5. The summed E-state index contributed by atoms with van der Waals surface area (Å²) >= 11 is 0. The summed E-state index contributed by atoms with van der Waals surface area (Å²) in [6, 6.07) is 0.694. The third-order valence-electron chi connectivity index (χ3n) is 3.78. The molecule has 2 rings (SSSR count). The molecule has 2 saturated heterocycles. The predicted octanol–water partition coefficient (Wildman–Crippen LogP) is 1.23. The molecule has 0 aromatic heterocycles. The van der Waals surface area contributed by atoms with Crippen LogP contribution in [0.4, 0.5) is 0 Å². The lowest BCUT2D eigenvalue weighted by Gasteiger charge is -2.39. The second-order valence-electron chi connectivity index (χ2n) is 4.95. The van der Waals surface area contributed by atoms with Gasteiger partial charge in [-0.3, -0.25) is 4.90 Å². The molecule has 0 saturated carbocycles. The van der Waals surface area contributed by atoms with Crippen LogP contribution in [0.2, 0.25) is 0 Å². The zero-order chi connectivity index (χ0) is 10.5. The van der Waals surface area contributed by atoms with Gasteiger partial charge in [-0.2, -0.15) is 0 Å². The largest absolute Gasteiger partial charge is 0.380 e. The number of nitrogens with two attached hydrogens (primary N) is 1. The summed E-state index contributed by atoms with van der Waals surface area (Å²) < 4.78 is 5.56. The summed E-state index contributed by atoms with van der Waals surface area (Å²) in [5.41, 5.74) is 5.64. The predicted molar refractivity (Wildman–Crippen MR) is 61.8 cm³/mol. The standard InChI is InChI=1S/C12H24N2O/c13-6-5-11-3-1-7-14(9-11)12-4-2-8-15-10-12/h11-12H,1-10,13H2. The zero-order valence-corrected chi connectivity index (χ0v) is 9.66. The molecule has 2 N–H and O–H groups in total. The van der Waals surface area contributed by atoms with Crippen molar-refractivity contribution < 1.29 is 4.74 Å². The fourth-order valence-corrected chi connectivity index (χ4v) is 2.91. The van der Waals surface area contributed by atoms with Crippen molar-refractivity contribution in [3.63, 3.8) is 0 Å². The summed E-state index contributed by atoms with van der Waals surface area (Å²) in [5.74, 6) is 0.839. The number of likely N-dealkylation sites (tertiary alicyclic amines) is 1. The molecule has 2 atom stereocenters. The second kappa shape index (κ2) is 5.83. The molecule has 0 aromatic carbocycles. The number of hydrogen-bond acceptors (Lipinski definition) is 3. The summed E-state index contributed by atoms with van der Waals surface area (Å²) in [7, 11) is 0. The molecule has 3 heteroatoms. The van der Waals surface area contributed by atoms with Gasteiger partial charge in [-0.1, -0.05) is 0 Å². The van der Waals surface area contributed by atoms with Crippen molar-refractivity contribution in [2.75, 3.05) is 32.8 Å². The van der Waals surface area contributed by atoms with E-state index in [1.54, 1.807) is 0 Å². The molecule has 2 unspecified atom stereocenters. The summed E-state index contributed by atoms with van der Waals surface area (Å²) in [4.78, 5) is 2.64. The van der Waals surface area contributed by atoms with E-state index in [2.05, 4.69) is 4.90 Å². The Balaban J connectivity index is 1.80. The van der Waals surface area contributed by atoms with E-state index in [1.807, 2.05) is 0 Å². The summed E-state index contributed by atoms with van der Waals surface area (Å²) in [6.07, 6.45) is 6.49. The topological polar surface area (TPSA) is 38.5 Å². The summed E-state index contributed by atoms with van der Waals surface area (Å²) in [5, 5.41) is 0. The van der Waals surface area contributed by atoms with Crippen LogP contribution in [0.15, 0.2) is 0 Å². The Morgan fingerprint density at radius 1 is 1.27 bits per heavy atom. The van der Waals surface area contributed by atoms with Crippen LogP contribution in [-0.2, 0) is 4.74 Å². The van der Waals surface area contributed by atoms with Crippen molar-refractivity contribution in [1.29, 1.82) is 0 Å². The van der Waals surface area contributed by atoms with Crippen LogP contribution in [0, 0.1) is 5.92 Å². The Bertz CT molecular complexity index is 178. The van der Waals surface area contributed by atoms with E-state index in [-0.39, 0.29) is 0 Å². The highest BCUT2D eigenvalue weighted by Gasteiger charge is 2.26. The highest BCUT2D eigenvalue weighted by molar-refractivity contribution is 4.80. The quantitative estimate of drug-likeness (QED) is 0.764.